The zero-order valence-corrected chi connectivity index (χ0v) is 13.9. The molecule has 6 heteroatoms. The third kappa shape index (κ3) is 4.34. The number of aromatic nitrogens is 1. The van der Waals surface area contributed by atoms with Gasteiger partial charge in [0.1, 0.15) is 11.4 Å². The molecule has 22 heavy (non-hydrogen) atoms. The van der Waals surface area contributed by atoms with Gasteiger partial charge in [0.15, 0.2) is 0 Å². The first-order chi connectivity index (χ1) is 10.3. The van der Waals surface area contributed by atoms with Crippen molar-refractivity contribution < 1.29 is 9.53 Å². The summed E-state index contributed by atoms with van der Waals surface area (Å²) < 4.78 is 5.52. The van der Waals surface area contributed by atoms with Crippen LogP contribution in [-0.2, 0) is 4.74 Å². The molecule has 1 aromatic rings. The second kappa shape index (κ2) is 6.52. The number of carbonyl (C=O) groups is 1. The Kier molecular flexibility index (Phi) is 4.90. The minimum absolute atomic E-state index is 0.339. The number of pyridine rings is 1. The van der Waals surface area contributed by atoms with Crippen LogP contribution < -0.4 is 10.6 Å². The van der Waals surface area contributed by atoms with Crippen LogP contribution >= 0.6 is 0 Å². The summed E-state index contributed by atoms with van der Waals surface area (Å²) in [7, 11) is 0. The van der Waals surface area contributed by atoms with E-state index in [0.29, 0.717) is 18.3 Å². The van der Waals surface area contributed by atoms with E-state index in [1.165, 1.54) is 0 Å². The summed E-state index contributed by atoms with van der Waals surface area (Å²) in [6.45, 7) is 11.5. The van der Waals surface area contributed by atoms with Crippen molar-refractivity contribution in [3.8, 4) is 0 Å². The van der Waals surface area contributed by atoms with E-state index >= 15 is 0 Å². The van der Waals surface area contributed by atoms with Gasteiger partial charge in [0, 0.05) is 25.6 Å². The molecule has 0 aliphatic carbocycles. The van der Waals surface area contributed by atoms with Crippen LogP contribution in [0.1, 0.15) is 27.7 Å². The molecule has 0 bridgehead atoms. The Hall–Kier alpha value is -1.82. The van der Waals surface area contributed by atoms with E-state index in [9.17, 15) is 4.79 Å². The maximum Gasteiger partial charge on any atom is 0.414 e. The molecule has 6 nitrogen and oxygen atoms in total. The molecule has 0 radical (unpaired) electrons. The van der Waals surface area contributed by atoms with Gasteiger partial charge in [-0.2, -0.15) is 0 Å². The number of carbonyl (C=O) groups excluding carboxylic acids is 1. The van der Waals surface area contributed by atoms with Crippen molar-refractivity contribution in [1.82, 2.24) is 9.88 Å². The number of hydrogen-bond donors (Lipinski definition) is 1. The molecule has 0 spiro atoms. The Morgan fingerprint density at radius 3 is 2.64 bits per heavy atom. The molecule has 1 amide bonds. The molecule has 2 heterocycles. The predicted molar refractivity (Wildman–Crippen MR) is 87.8 cm³/mol. The number of rotatable bonds is 4. The SMILES string of the molecule is CCN1CC(CN(C(=O)OC(C)(C)C)c2ccc(N)nc2)C1. The highest BCUT2D eigenvalue weighted by molar-refractivity contribution is 5.87. The average molecular weight is 306 g/mol. The maximum absolute atomic E-state index is 12.5. The van der Waals surface area contributed by atoms with Crippen molar-refractivity contribution in [3.05, 3.63) is 18.3 Å². The summed E-state index contributed by atoms with van der Waals surface area (Å²) >= 11 is 0. The lowest BCUT2D eigenvalue weighted by Gasteiger charge is -2.41. The largest absolute Gasteiger partial charge is 0.443 e. The molecule has 0 saturated carbocycles. The second-order valence-electron chi connectivity index (χ2n) is 6.75. The molecule has 1 fully saturated rings. The minimum Gasteiger partial charge on any atom is -0.443 e. The number of nitrogens with zero attached hydrogens (tertiary/aromatic N) is 3. The van der Waals surface area contributed by atoms with E-state index in [2.05, 4.69) is 16.8 Å². The molecule has 0 unspecified atom stereocenters. The van der Waals surface area contributed by atoms with Crippen LogP contribution in [-0.4, -0.2) is 47.8 Å². The van der Waals surface area contributed by atoms with Crippen molar-refractivity contribution in [2.45, 2.75) is 33.3 Å². The van der Waals surface area contributed by atoms with Gasteiger partial charge in [-0.1, -0.05) is 6.92 Å². The molecule has 0 aromatic carbocycles. The molecule has 1 aliphatic heterocycles. The van der Waals surface area contributed by atoms with Gasteiger partial charge in [-0.05, 0) is 39.4 Å². The van der Waals surface area contributed by atoms with Gasteiger partial charge in [-0.25, -0.2) is 9.78 Å². The fourth-order valence-corrected chi connectivity index (χ4v) is 2.47. The van der Waals surface area contributed by atoms with Gasteiger partial charge in [-0.3, -0.25) is 4.90 Å². The van der Waals surface area contributed by atoms with E-state index in [4.69, 9.17) is 10.5 Å². The number of hydrogen-bond acceptors (Lipinski definition) is 5. The first-order valence-corrected chi connectivity index (χ1v) is 7.73. The van der Waals surface area contributed by atoms with Gasteiger partial charge >= 0.3 is 6.09 Å². The Bertz CT molecular complexity index is 504. The summed E-state index contributed by atoms with van der Waals surface area (Å²) in [6.07, 6.45) is 1.28. The van der Waals surface area contributed by atoms with Crippen LogP contribution in [0.4, 0.5) is 16.3 Å². The smallest absolute Gasteiger partial charge is 0.414 e. The lowest BCUT2D eigenvalue weighted by atomic mass is 9.99. The topological polar surface area (TPSA) is 71.7 Å². The number of nitrogen functional groups attached to an aromatic ring is 1. The lowest BCUT2D eigenvalue weighted by Crippen LogP contribution is -2.52. The van der Waals surface area contributed by atoms with Crippen LogP contribution in [0.15, 0.2) is 18.3 Å². The molecule has 1 saturated heterocycles. The van der Waals surface area contributed by atoms with Crippen molar-refractivity contribution >= 4 is 17.6 Å². The third-order valence-corrected chi connectivity index (χ3v) is 3.62. The first-order valence-electron chi connectivity index (χ1n) is 7.73. The fraction of sp³-hybridized carbons (Fsp3) is 0.625. The van der Waals surface area contributed by atoms with Crippen molar-refractivity contribution in [2.24, 2.45) is 5.92 Å². The van der Waals surface area contributed by atoms with Crippen LogP contribution in [0.2, 0.25) is 0 Å². The van der Waals surface area contributed by atoms with Gasteiger partial charge in [0.25, 0.3) is 0 Å². The van der Waals surface area contributed by atoms with Crippen LogP contribution in [0.25, 0.3) is 0 Å². The summed E-state index contributed by atoms with van der Waals surface area (Å²) in [5.41, 5.74) is 5.83. The zero-order chi connectivity index (χ0) is 16.3. The maximum atomic E-state index is 12.5. The Labute approximate surface area is 132 Å². The van der Waals surface area contributed by atoms with Crippen molar-refractivity contribution in [1.29, 1.82) is 0 Å². The second-order valence-corrected chi connectivity index (χ2v) is 6.75. The predicted octanol–water partition coefficient (Wildman–Crippen LogP) is 2.36. The van der Waals surface area contributed by atoms with Crippen LogP contribution in [0, 0.1) is 5.92 Å². The highest BCUT2D eigenvalue weighted by Crippen LogP contribution is 2.23. The van der Waals surface area contributed by atoms with Crippen LogP contribution in [0.3, 0.4) is 0 Å². The highest BCUT2D eigenvalue weighted by atomic mass is 16.6. The number of nitrogens with two attached hydrogens (primary N) is 1. The van der Waals surface area contributed by atoms with Crippen molar-refractivity contribution in [3.63, 3.8) is 0 Å². The summed E-state index contributed by atoms with van der Waals surface area (Å²) in [5, 5.41) is 0. The summed E-state index contributed by atoms with van der Waals surface area (Å²) in [6, 6.07) is 3.51. The van der Waals surface area contributed by atoms with E-state index in [-0.39, 0.29) is 6.09 Å². The average Bonchev–Trinajstić information content (AvgIpc) is 2.37. The van der Waals surface area contributed by atoms with Crippen LogP contribution in [0.5, 0.6) is 0 Å². The summed E-state index contributed by atoms with van der Waals surface area (Å²) in [5.74, 6) is 0.902. The number of anilines is 2. The molecule has 2 N–H and O–H groups in total. The summed E-state index contributed by atoms with van der Waals surface area (Å²) in [4.78, 5) is 20.6. The van der Waals surface area contributed by atoms with E-state index in [1.807, 2.05) is 26.8 Å². The molecular weight excluding hydrogens is 280 g/mol. The first kappa shape index (κ1) is 16.5. The normalized spacial score (nSPS) is 16.2. The Morgan fingerprint density at radius 2 is 2.14 bits per heavy atom. The highest BCUT2D eigenvalue weighted by Gasteiger charge is 2.31. The molecular formula is C16H26N4O2. The number of likely N-dealkylation sites (tertiary alicyclic amines) is 1. The molecule has 2 rings (SSSR count). The molecule has 0 atom stereocenters. The van der Waals surface area contributed by atoms with Gasteiger partial charge in [-0.15, -0.1) is 0 Å². The van der Waals surface area contributed by atoms with Gasteiger partial charge < -0.3 is 15.4 Å². The van der Waals surface area contributed by atoms with E-state index < -0.39 is 5.60 Å². The molecule has 122 valence electrons. The zero-order valence-electron chi connectivity index (χ0n) is 13.9. The Balaban J connectivity index is 2.10. The quantitative estimate of drug-likeness (QED) is 0.924. The fourth-order valence-electron chi connectivity index (χ4n) is 2.47. The van der Waals surface area contributed by atoms with E-state index in [1.54, 1.807) is 17.2 Å². The standard InChI is InChI=1S/C16H26N4O2/c1-5-19-9-12(10-19)11-20(15(21)22-16(2,3)4)13-6-7-14(17)18-8-13/h6-8,12H,5,9-11H2,1-4H3,(H2,17,18). The van der Waals surface area contributed by atoms with Gasteiger partial charge in [0.05, 0.1) is 11.9 Å². The van der Waals surface area contributed by atoms with Crippen molar-refractivity contribution in [2.75, 3.05) is 36.8 Å². The number of ether oxygens (including phenoxy) is 1. The van der Waals surface area contributed by atoms with E-state index in [0.717, 1.165) is 25.3 Å². The Morgan fingerprint density at radius 1 is 1.45 bits per heavy atom. The van der Waals surface area contributed by atoms with Gasteiger partial charge in [0.2, 0.25) is 0 Å². The third-order valence-electron chi connectivity index (χ3n) is 3.62. The minimum atomic E-state index is -0.522. The number of amides is 1. The lowest BCUT2D eigenvalue weighted by molar-refractivity contribution is 0.0540. The monoisotopic (exact) mass is 306 g/mol. The molecule has 1 aromatic heterocycles. The molecule has 1 aliphatic rings.